The molecule has 7 heteroatoms. The summed E-state index contributed by atoms with van der Waals surface area (Å²) >= 11 is 0. The van der Waals surface area contributed by atoms with Gasteiger partial charge in [0, 0.05) is 6.54 Å². The Bertz CT molecular complexity index is 436. The highest BCUT2D eigenvalue weighted by atomic mass is 35.5. The van der Waals surface area contributed by atoms with Gasteiger partial charge in [-0.3, -0.25) is 0 Å². The van der Waals surface area contributed by atoms with E-state index in [1.165, 1.54) is 13.2 Å². The average molecular weight is 256 g/mol. The summed E-state index contributed by atoms with van der Waals surface area (Å²) in [7, 11) is -3.49. The minimum atomic E-state index is -4.76. The summed E-state index contributed by atoms with van der Waals surface area (Å²) in [4.78, 5) is -0.483. The van der Waals surface area contributed by atoms with E-state index in [4.69, 9.17) is 10.5 Å². The van der Waals surface area contributed by atoms with Crippen LogP contribution >= 0.6 is 12.4 Å². The Hall–Kier alpha value is -0.850. The van der Waals surface area contributed by atoms with Crippen molar-refractivity contribution in [3.8, 4) is 5.75 Å². The topological polar surface area (TPSA) is 69.4 Å². The summed E-state index contributed by atoms with van der Waals surface area (Å²) < 4.78 is 38.8. The third-order valence-electron chi connectivity index (χ3n) is 1.73. The van der Waals surface area contributed by atoms with Gasteiger partial charge in [0.15, 0.2) is 0 Å². The lowest BCUT2D eigenvalue weighted by Gasteiger charge is -2.06. The van der Waals surface area contributed by atoms with Gasteiger partial charge in [0.1, 0.15) is 10.6 Å². The van der Waals surface area contributed by atoms with E-state index in [-0.39, 0.29) is 24.7 Å². The molecule has 86 valence electrons. The van der Waals surface area contributed by atoms with Gasteiger partial charge in [0.25, 0.3) is 0 Å². The summed E-state index contributed by atoms with van der Waals surface area (Å²) in [5.41, 5.74) is 5.83. The summed E-state index contributed by atoms with van der Waals surface area (Å²) in [6, 6.07) is 4.11. The average Bonchev–Trinajstić information content (AvgIpc) is 2.15. The molecule has 1 rings (SSSR count). The number of benzene rings is 1. The standard InChI is InChI=1S/C8H10FNO3S.ClH/c1-13-7-3-2-6(5-10)4-8(7)14(9,11)12;/h2-4H,5,10H2,1H3;1H. The fourth-order valence-corrected chi connectivity index (χ4v) is 1.72. The van der Waals surface area contributed by atoms with E-state index >= 15 is 0 Å². The first-order valence-electron chi connectivity index (χ1n) is 3.80. The number of ether oxygens (including phenoxy) is 1. The highest BCUT2D eigenvalue weighted by Crippen LogP contribution is 2.26. The van der Waals surface area contributed by atoms with Gasteiger partial charge in [-0.05, 0) is 17.7 Å². The second kappa shape index (κ2) is 5.29. The second-order valence-corrected chi connectivity index (χ2v) is 3.94. The number of nitrogens with two attached hydrogens (primary N) is 1. The highest BCUT2D eigenvalue weighted by Gasteiger charge is 2.18. The Labute approximate surface area is 93.9 Å². The molecule has 0 spiro atoms. The van der Waals surface area contributed by atoms with E-state index in [2.05, 4.69) is 0 Å². The molecule has 0 aliphatic heterocycles. The Morgan fingerprint density at radius 3 is 2.47 bits per heavy atom. The third-order valence-corrected chi connectivity index (χ3v) is 2.57. The second-order valence-electron chi connectivity index (χ2n) is 2.63. The van der Waals surface area contributed by atoms with Gasteiger partial charge in [-0.2, -0.15) is 8.42 Å². The van der Waals surface area contributed by atoms with Crippen LogP contribution in [0.3, 0.4) is 0 Å². The fraction of sp³-hybridized carbons (Fsp3) is 0.250. The lowest BCUT2D eigenvalue weighted by molar-refractivity contribution is 0.401. The van der Waals surface area contributed by atoms with Crippen molar-refractivity contribution in [1.82, 2.24) is 0 Å². The van der Waals surface area contributed by atoms with E-state index in [1.54, 1.807) is 6.07 Å². The van der Waals surface area contributed by atoms with Gasteiger partial charge < -0.3 is 10.5 Å². The molecule has 0 bridgehead atoms. The SMILES string of the molecule is COc1ccc(CN)cc1S(=O)(=O)F.Cl. The zero-order valence-corrected chi connectivity index (χ0v) is 9.57. The minimum absolute atomic E-state index is 0. The Balaban J connectivity index is 0.00000196. The van der Waals surface area contributed by atoms with E-state index < -0.39 is 15.1 Å². The van der Waals surface area contributed by atoms with Crippen molar-refractivity contribution in [2.45, 2.75) is 11.4 Å². The molecule has 0 unspecified atom stereocenters. The van der Waals surface area contributed by atoms with Crippen molar-refractivity contribution in [1.29, 1.82) is 0 Å². The zero-order valence-electron chi connectivity index (χ0n) is 7.94. The number of methoxy groups -OCH3 is 1. The summed E-state index contributed by atoms with van der Waals surface area (Å²) in [6.45, 7) is 0.145. The molecule has 2 N–H and O–H groups in total. The van der Waals surface area contributed by atoms with E-state index in [0.717, 1.165) is 6.07 Å². The molecule has 0 saturated heterocycles. The van der Waals surface area contributed by atoms with Gasteiger partial charge in [0.05, 0.1) is 7.11 Å². The quantitative estimate of drug-likeness (QED) is 0.825. The molecule has 0 radical (unpaired) electrons. The van der Waals surface area contributed by atoms with Gasteiger partial charge >= 0.3 is 10.2 Å². The van der Waals surface area contributed by atoms with E-state index in [0.29, 0.717) is 5.56 Å². The Kier molecular flexibility index (Phi) is 4.99. The monoisotopic (exact) mass is 255 g/mol. The highest BCUT2D eigenvalue weighted by molar-refractivity contribution is 7.86. The molecule has 4 nitrogen and oxygen atoms in total. The number of hydrogen-bond acceptors (Lipinski definition) is 4. The van der Waals surface area contributed by atoms with Crippen molar-refractivity contribution >= 4 is 22.6 Å². The van der Waals surface area contributed by atoms with E-state index in [1.807, 2.05) is 0 Å². The van der Waals surface area contributed by atoms with Gasteiger partial charge in [-0.15, -0.1) is 16.3 Å². The lowest BCUT2D eigenvalue weighted by Crippen LogP contribution is -2.01. The van der Waals surface area contributed by atoms with Gasteiger partial charge in [0.2, 0.25) is 0 Å². The summed E-state index contributed by atoms with van der Waals surface area (Å²) in [5.74, 6) is -0.0234. The fourth-order valence-electron chi connectivity index (χ4n) is 1.04. The largest absolute Gasteiger partial charge is 0.495 e. The van der Waals surface area contributed by atoms with Gasteiger partial charge in [-0.25, -0.2) is 0 Å². The number of hydrogen-bond donors (Lipinski definition) is 1. The predicted molar refractivity (Wildman–Crippen MR) is 56.4 cm³/mol. The van der Waals surface area contributed by atoms with Crippen LogP contribution in [0.4, 0.5) is 3.89 Å². The van der Waals surface area contributed by atoms with Gasteiger partial charge in [-0.1, -0.05) is 6.07 Å². The Morgan fingerprint density at radius 1 is 1.47 bits per heavy atom. The molecule has 0 atom stereocenters. The van der Waals surface area contributed by atoms with Crippen LogP contribution in [0.5, 0.6) is 5.75 Å². The first-order valence-corrected chi connectivity index (χ1v) is 5.19. The summed E-state index contributed by atoms with van der Waals surface area (Å²) in [5, 5.41) is 0. The van der Waals surface area contributed by atoms with Crippen LogP contribution in [0.1, 0.15) is 5.56 Å². The van der Waals surface area contributed by atoms with Crippen molar-refractivity contribution in [3.63, 3.8) is 0 Å². The minimum Gasteiger partial charge on any atom is -0.495 e. The van der Waals surface area contributed by atoms with Crippen LogP contribution in [0.2, 0.25) is 0 Å². The lowest BCUT2D eigenvalue weighted by atomic mass is 10.2. The molecular weight excluding hydrogens is 245 g/mol. The molecule has 15 heavy (non-hydrogen) atoms. The van der Waals surface area contributed by atoms with Crippen molar-refractivity contribution < 1.29 is 17.0 Å². The molecule has 1 aromatic rings. The van der Waals surface area contributed by atoms with Crippen LogP contribution in [-0.2, 0) is 16.8 Å². The normalized spacial score (nSPS) is 10.6. The van der Waals surface area contributed by atoms with Crippen molar-refractivity contribution in [3.05, 3.63) is 23.8 Å². The predicted octanol–water partition coefficient (Wildman–Crippen LogP) is 1.23. The zero-order chi connectivity index (χ0) is 10.8. The molecule has 0 saturated carbocycles. The molecule has 0 fully saturated rings. The molecule has 1 aromatic carbocycles. The number of halogens is 2. The third kappa shape index (κ3) is 3.33. The van der Waals surface area contributed by atoms with Crippen molar-refractivity contribution in [2.75, 3.05) is 7.11 Å². The molecular formula is C8H11ClFNO3S. The van der Waals surface area contributed by atoms with Crippen LogP contribution < -0.4 is 10.5 Å². The van der Waals surface area contributed by atoms with Crippen molar-refractivity contribution in [2.24, 2.45) is 5.73 Å². The molecule has 0 aliphatic carbocycles. The Morgan fingerprint density at radius 2 is 2.07 bits per heavy atom. The van der Waals surface area contributed by atoms with Crippen LogP contribution in [-0.4, -0.2) is 15.5 Å². The van der Waals surface area contributed by atoms with Crippen LogP contribution in [0.25, 0.3) is 0 Å². The first kappa shape index (κ1) is 14.2. The van der Waals surface area contributed by atoms with E-state index in [9.17, 15) is 12.3 Å². The maximum atomic E-state index is 12.7. The van der Waals surface area contributed by atoms with Crippen LogP contribution in [0.15, 0.2) is 23.1 Å². The number of rotatable bonds is 3. The first-order chi connectivity index (χ1) is 6.49. The molecule has 0 aromatic heterocycles. The summed E-state index contributed by atoms with van der Waals surface area (Å²) in [6.07, 6.45) is 0. The molecule has 0 heterocycles. The smallest absolute Gasteiger partial charge is 0.335 e. The van der Waals surface area contributed by atoms with Crippen LogP contribution in [0, 0.1) is 0 Å². The molecule has 0 amide bonds. The molecule has 0 aliphatic rings. The maximum Gasteiger partial charge on any atom is 0.335 e. The maximum absolute atomic E-state index is 12.7.